The lowest BCUT2D eigenvalue weighted by molar-refractivity contribution is 0.00465. The summed E-state index contributed by atoms with van der Waals surface area (Å²) in [5.41, 5.74) is 2.10. The molecule has 0 bridgehead atoms. The molecule has 1 heterocycles. The minimum atomic E-state index is -0.672. The van der Waals surface area contributed by atoms with Gasteiger partial charge in [0, 0.05) is 25.0 Å². The average molecular weight is 464 g/mol. The van der Waals surface area contributed by atoms with E-state index >= 15 is 0 Å². The largest absolute Gasteiger partial charge is 0.491 e. The van der Waals surface area contributed by atoms with Gasteiger partial charge in [0.15, 0.2) is 0 Å². The Morgan fingerprint density at radius 2 is 1.34 bits per heavy atom. The van der Waals surface area contributed by atoms with E-state index in [1.807, 2.05) is 36.4 Å². The van der Waals surface area contributed by atoms with Crippen LogP contribution < -0.4 is 9.47 Å². The number of aliphatic hydroxyl groups excluding tert-OH is 2. The van der Waals surface area contributed by atoms with Crippen LogP contribution in [0.15, 0.2) is 48.5 Å². The first-order chi connectivity index (χ1) is 15.4. The molecule has 2 atom stereocenters. The monoisotopic (exact) mass is 463 g/mol. The molecule has 2 aromatic carbocycles. The summed E-state index contributed by atoms with van der Waals surface area (Å²) in [6, 6.07) is 15.9. The van der Waals surface area contributed by atoms with E-state index in [1.165, 1.54) is 0 Å². The molecule has 0 saturated carbocycles. The Morgan fingerprint density at radius 3 is 1.81 bits per heavy atom. The zero-order chi connectivity index (χ0) is 23.0. The molecule has 176 valence electrons. The van der Waals surface area contributed by atoms with Crippen LogP contribution in [0.25, 0.3) is 0 Å². The molecule has 1 fully saturated rings. The van der Waals surface area contributed by atoms with Crippen molar-refractivity contribution >= 4 is 11.6 Å². The molecule has 6 nitrogen and oxygen atoms in total. The molecule has 0 aliphatic carbocycles. The van der Waals surface area contributed by atoms with Crippen LogP contribution in [-0.2, 0) is 10.2 Å². The Kier molecular flexibility index (Phi) is 9.20. The number of aliphatic hydroxyl groups is 2. The Bertz CT molecular complexity index is 806. The average Bonchev–Trinajstić information content (AvgIpc) is 2.82. The molecule has 2 N–H and O–H groups in total. The number of rotatable bonds is 11. The molecule has 7 heteroatoms. The molecule has 2 aromatic rings. The summed E-state index contributed by atoms with van der Waals surface area (Å²) in [4.78, 5) is 2.19. The van der Waals surface area contributed by atoms with E-state index in [-0.39, 0.29) is 24.5 Å². The number of ether oxygens (including phenoxy) is 3. The van der Waals surface area contributed by atoms with Crippen LogP contribution >= 0.6 is 11.6 Å². The Hall–Kier alpha value is -1.83. The van der Waals surface area contributed by atoms with E-state index in [0.717, 1.165) is 43.2 Å². The van der Waals surface area contributed by atoms with Crippen molar-refractivity contribution in [3.63, 3.8) is 0 Å². The summed E-state index contributed by atoms with van der Waals surface area (Å²) in [5.74, 6) is 1.60. The van der Waals surface area contributed by atoms with Crippen molar-refractivity contribution in [2.75, 3.05) is 51.9 Å². The first-order valence-corrected chi connectivity index (χ1v) is 11.6. The van der Waals surface area contributed by atoms with E-state index in [1.54, 1.807) is 0 Å². The fraction of sp³-hybridized carbons (Fsp3) is 0.520. The van der Waals surface area contributed by atoms with Gasteiger partial charge >= 0.3 is 0 Å². The summed E-state index contributed by atoms with van der Waals surface area (Å²) in [7, 11) is 0. The van der Waals surface area contributed by atoms with Gasteiger partial charge in [-0.25, -0.2) is 0 Å². The highest BCUT2D eigenvalue weighted by molar-refractivity contribution is 6.18. The molecule has 0 radical (unpaired) electrons. The fourth-order valence-corrected chi connectivity index (χ4v) is 3.76. The van der Waals surface area contributed by atoms with Gasteiger partial charge in [-0.05, 0) is 35.4 Å². The molecule has 0 aromatic heterocycles. The van der Waals surface area contributed by atoms with Crippen LogP contribution in [0.4, 0.5) is 0 Å². The molecule has 32 heavy (non-hydrogen) atoms. The van der Waals surface area contributed by atoms with Crippen molar-refractivity contribution in [2.45, 2.75) is 31.5 Å². The van der Waals surface area contributed by atoms with Crippen LogP contribution in [0.2, 0.25) is 0 Å². The maximum atomic E-state index is 10.3. The molecule has 1 aliphatic rings. The predicted molar refractivity (Wildman–Crippen MR) is 126 cm³/mol. The Morgan fingerprint density at radius 1 is 0.875 bits per heavy atom. The lowest BCUT2D eigenvalue weighted by atomic mass is 9.78. The van der Waals surface area contributed by atoms with Crippen molar-refractivity contribution in [2.24, 2.45) is 0 Å². The zero-order valence-corrected chi connectivity index (χ0v) is 19.6. The van der Waals surface area contributed by atoms with Crippen LogP contribution in [-0.4, -0.2) is 79.3 Å². The predicted octanol–water partition coefficient (Wildman–Crippen LogP) is 3.06. The summed E-state index contributed by atoms with van der Waals surface area (Å²) >= 11 is 5.60. The van der Waals surface area contributed by atoms with Gasteiger partial charge in [0.1, 0.15) is 36.9 Å². The second kappa shape index (κ2) is 11.9. The molecule has 0 spiro atoms. The first kappa shape index (κ1) is 24.8. The van der Waals surface area contributed by atoms with E-state index < -0.39 is 12.2 Å². The number of benzene rings is 2. The summed E-state index contributed by atoms with van der Waals surface area (Å²) in [6.45, 7) is 8.51. The minimum Gasteiger partial charge on any atom is -0.491 e. The number of morpholine rings is 1. The quantitative estimate of drug-likeness (QED) is 0.499. The van der Waals surface area contributed by atoms with Gasteiger partial charge in [-0.3, -0.25) is 4.90 Å². The molecule has 1 aliphatic heterocycles. The van der Waals surface area contributed by atoms with Gasteiger partial charge < -0.3 is 24.4 Å². The van der Waals surface area contributed by atoms with Crippen LogP contribution in [0.5, 0.6) is 11.5 Å². The first-order valence-electron chi connectivity index (χ1n) is 11.1. The summed E-state index contributed by atoms with van der Waals surface area (Å²) in [6.07, 6.45) is -1.20. The third-order valence-electron chi connectivity index (χ3n) is 5.79. The second-order valence-corrected chi connectivity index (χ2v) is 8.98. The Balaban J connectivity index is 1.53. The van der Waals surface area contributed by atoms with Gasteiger partial charge in [-0.1, -0.05) is 38.1 Å². The normalized spacial score (nSPS) is 17.0. The van der Waals surface area contributed by atoms with Crippen LogP contribution in [0.3, 0.4) is 0 Å². The molecule has 0 amide bonds. The third-order valence-corrected chi connectivity index (χ3v) is 6.14. The number of hydrogen-bond acceptors (Lipinski definition) is 6. The van der Waals surface area contributed by atoms with Gasteiger partial charge in [0.05, 0.1) is 19.1 Å². The van der Waals surface area contributed by atoms with Gasteiger partial charge in [0.25, 0.3) is 0 Å². The van der Waals surface area contributed by atoms with Crippen LogP contribution in [0, 0.1) is 0 Å². The maximum absolute atomic E-state index is 10.3. The number of nitrogens with zero attached hydrogens (tertiary/aromatic N) is 1. The summed E-state index contributed by atoms with van der Waals surface area (Å²) in [5, 5.41) is 19.8. The highest BCUT2D eigenvalue weighted by Crippen LogP contribution is 2.33. The van der Waals surface area contributed by atoms with E-state index in [2.05, 4.69) is 30.9 Å². The fourth-order valence-electron chi connectivity index (χ4n) is 3.67. The standard InChI is InChI=1S/C25H34ClNO5/c1-25(2,19-3-7-23(8-4-19)31-17-21(28)15-26)20-5-9-24(10-6-20)32-18-22(29)16-27-11-13-30-14-12-27/h3-10,21-22,28-29H,11-18H2,1-2H3. The molecular formula is C25H34ClNO5. The molecule has 1 saturated heterocycles. The number of halogens is 1. The zero-order valence-electron chi connectivity index (χ0n) is 18.9. The Labute approximate surface area is 195 Å². The van der Waals surface area contributed by atoms with E-state index in [0.29, 0.717) is 12.3 Å². The van der Waals surface area contributed by atoms with Gasteiger partial charge in [-0.15, -0.1) is 11.6 Å². The molecular weight excluding hydrogens is 430 g/mol. The molecule has 2 unspecified atom stereocenters. The smallest absolute Gasteiger partial charge is 0.119 e. The number of β-amino-alcohol motifs (C(OH)–C–C–N with tert-alkyl or cyclic N) is 1. The number of alkyl halides is 1. The van der Waals surface area contributed by atoms with Gasteiger partial charge in [0.2, 0.25) is 0 Å². The third kappa shape index (κ3) is 7.09. The van der Waals surface area contributed by atoms with Crippen molar-refractivity contribution in [3.8, 4) is 11.5 Å². The number of hydrogen-bond donors (Lipinski definition) is 2. The topological polar surface area (TPSA) is 71.4 Å². The van der Waals surface area contributed by atoms with Crippen molar-refractivity contribution < 1.29 is 24.4 Å². The second-order valence-electron chi connectivity index (χ2n) is 8.67. The molecule has 3 rings (SSSR count). The lowest BCUT2D eigenvalue weighted by Gasteiger charge is -2.28. The minimum absolute atomic E-state index is 0.150. The summed E-state index contributed by atoms with van der Waals surface area (Å²) < 4.78 is 16.7. The highest BCUT2D eigenvalue weighted by atomic mass is 35.5. The van der Waals surface area contributed by atoms with Crippen molar-refractivity contribution in [1.82, 2.24) is 4.90 Å². The lowest BCUT2D eigenvalue weighted by Crippen LogP contribution is -2.42. The SMILES string of the molecule is CC(C)(c1ccc(OCC(O)CCl)cc1)c1ccc(OCC(O)CN2CCOCC2)cc1. The van der Waals surface area contributed by atoms with Crippen molar-refractivity contribution in [3.05, 3.63) is 59.7 Å². The van der Waals surface area contributed by atoms with Gasteiger partial charge in [-0.2, -0.15) is 0 Å². The van der Waals surface area contributed by atoms with Crippen molar-refractivity contribution in [1.29, 1.82) is 0 Å². The highest BCUT2D eigenvalue weighted by Gasteiger charge is 2.23. The maximum Gasteiger partial charge on any atom is 0.119 e. The van der Waals surface area contributed by atoms with E-state index in [9.17, 15) is 10.2 Å². The van der Waals surface area contributed by atoms with E-state index in [4.69, 9.17) is 25.8 Å². The van der Waals surface area contributed by atoms with Crippen LogP contribution in [0.1, 0.15) is 25.0 Å².